The van der Waals surface area contributed by atoms with Crippen molar-refractivity contribution in [2.45, 2.75) is 18.4 Å². The number of H-pyrrole nitrogens is 1. The zero-order chi connectivity index (χ0) is 16.6. The van der Waals surface area contributed by atoms with Crippen LogP contribution in [0.5, 0.6) is 0 Å². The first-order chi connectivity index (χ1) is 10.8. The summed E-state index contributed by atoms with van der Waals surface area (Å²) >= 11 is 5.80. The van der Waals surface area contributed by atoms with Gasteiger partial charge >= 0.3 is 5.76 Å². The first-order valence-electron chi connectivity index (χ1n) is 6.73. The number of oxazole rings is 1. The Kier molecular flexibility index (Phi) is 4.01. The fourth-order valence-corrected chi connectivity index (χ4v) is 3.62. The van der Waals surface area contributed by atoms with Gasteiger partial charge in [0.2, 0.25) is 10.0 Å². The number of hydrogen-bond acceptors (Lipinski definition) is 4. The van der Waals surface area contributed by atoms with Gasteiger partial charge in [0, 0.05) is 17.6 Å². The van der Waals surface area contributed by atoms with Gasteiger partial charge in [0.25, 0.3) is 0 Å². The van der Waals surface area contributed by atoms with Crippen molar-refractivity contribution in [1.29, 1.82) is 0 Å². The van der Waals surface area contributed by atoms with Gasteiger partial charge in [-0.2, -0.15) is 0 Å². The molecule has 23 heavy (non-hydrogen) atoms. The summed E-state index contributed by atoms with van der Waals surface area (Å²) < 4.78 is 32.4. The van der Waals surface area contributed by atoms with Crippen LogP contribution in [0.15, 0.2) is 50.5 Å². The fraction of sp³-hybridized carbons (Fsp3) is 0.133. The third-order valence-electron chi connectivity index (χ3n) is 3.39. The highest BCUT2D eigenvalue weighted by molar-refractivity contribution is 7.89. The molecule has 0 amide bonds. The summed E-state index contributed by atoms with van der Waals surface area (Å²) in [4.78, 5) is 13.8. The van der Waals surface area contributed by atoms with Crippen LogP contribution in [-0.4, -0.2) is 13.4 Å². The van der Waals surface area contributed by atoms with Crippen molar-refractivity contribution in [1.82, 2.24) is 9.71 Å². The van der Waals surface area contributed by atoms with Crippen molar-refractivity contribution >= 4 is 32.7 Å². The summed E-state index contributed by atoms with van der Waals surface area (Å²) in [5, 5.41) is 0.584. The Morgan fingerprint density at radius 3 is 2.61 bits per heavy atom. The molecular weight excluding hydrogens is 340 g/mol. The summed E-state index contributed by atoms with van der Waals surface area (Å²) in [7, 11) is -3.74. The number of rotatable bonds is 4. The van der Waals surface area contributed by atoms with Crippen LogP contribution in [-0.2, 0) is 16.6 Å². The monoisotopic (exact) mass is 352 g/mol. The van der Waals surface area contributed by atoms with E-state index in [2.05, 4.69) is 9.71 Å². The van der Waals surface area contributed by atoms with Crippen molar-refractivity contribution in [3.05, 3.63) is 63.1 Å². The molecule has 6 nitrogen and oxygen atoms in total. The van der Waals surface area contributed by atoms with E-state index in [-0.39, 0.29) is 17.0 Å². The molecule has 0 aliphatic heterocycles. The molecule has 1 heterocycles. The van der Waals surface area contributed by atoms with Crippen LogP contribution in [0.3, 0.4) is 0 Å². The quantitative estimate of drug-likeness (QED) is 0.754. The Morgan fingerprint density at radius 2 is 1.91 bits per heavy atom. The Balaban J connectivity index is 1.91. The predicted octanol–water partition coefficient (Wildman–Crippen LogP) is 2.56. The third kappa shape index (κ3) is 3.31. The number of benzene rings is 2. The van der Waals surface area contributed by atoms with Crippen LogP contribution in [0.4, 0.5) is 0 Å². The van der Waals surface area contributed by atoms with Crippen molar-refractivity contribution in [2.75, 3.05) is 0 Å². The molecule has 0 saturated carbocycles. The summed E-state index contributed by atoms with van der Waals surface area (Å²) in [5.74, 6) is -0.622. The summed E-state index contributed by atoms with van der Waals surface area (Å²) in [6.07, 6.45) is 0. The Hall–Kier alpha value is -2.09. The minimum Gasteiger partial charge on any atom is -0.408 e. The van der Waals surface area contributed by atoms with Crippen LogP contribution in [0.1, 0.15) is 11.1 Å². The number of fused-ring (bicyclic) bond motifs is 1. The molecule has 0 saturated heterocycles. The molecule has 0 spiro atoms. The normalized spacial score (nSPS) is 11.9. The zero-order valence-corrected chi connectivity index (χ0v) is 13.7. The lowest BCUT2D eigenvalue weighted by atomic mass is 10.2. The SMILES string of the molecule is Cc1cc2[nH]c(=O)oc2cc1S(=O)(=O)NCc1ccc(Cl)cc1. The number of nitrogens with one attached hydrogen (secondary N) is 2. The predicted molar refractivity (Wildman–Crippen MR) is 87.0 cm³/mol. The molecule has 8 heteroatoms. The molecule has 0 fully saturated rings. The van der Waals surface area contributed by atoms with Gasteiger partial charge in [-0.05, 0) is 36.2 Å². The molecule has 0 atom stereocenters. The van der Waals surface area contributed by atoms with Gasteiger partial charge in [0.15, 0.2) is 5.58 Å². The van der Waals surface area contributed by atoms with E-state index >= 15 is 0 Å². The van der Waals surface area contributed by atoms with E-state index in [1.54, 1.807) is 37.3 Å². The molecule has 0 aliphatic rings. The van der Waals surface area contributed by atoms with Crippen LogP contribution >= 0.6 is 11.6 Å². The lowest BCUT2D eigenvalue weighted by Gasteiger charge is -2.09. The molecule has 3 aromatic rings. The molecule has 3 rings (SSSR count). The number of sulfonamides is 1. The molecule has 2 aromatic carbocycles. The van der Waals surface area contributed by atoms with E-state index in [4.69, 9.17) is 16.0 Å². The van der Waals surface area contributed by atoms with E-state index in [1.807, 2.05) is 0 Å². The average molecular weight is 353 g/mol. The van der Waals surface area contributed by atoms with Crippen molar-refractivity contribution < 1.29 is 12.8 Å². The van der Waals surface area contributed by atoms with Gasteiger partial charge in [0.1, 0.15) is 0 Å². The molecule has 0 aliphatic carbocycles. The smallest absolute Gasteiger partial charge is 0.408 e. The minimum absolute atomic E-state index is 0.0710. The lowest BCUT2D eigenvalue weighted by Crippen LogP contribution is -2.24. The van der Waals surface area contributed by atoms with Crippen LogP contribution in [0, 0.1) is 6.92 Å². The van der Waals surface area contributed by atoms with Crippen molar-refractivity contribution in [2.24, 2.45) is 0 Å². The maximum absolute atomic E-state index is 12.5. The van der Waals surface area contributed by atoms with Gasteiger partial charge in [-0.3, -0.25) is 4.98 Å². The second-order valence-corrected chi connectivity index (χ2v) is 7.25. The molecule has 1 aromatic heterocycles. The number of aromatic nitrogens is 1. The Labute approximate surface area is 137 Å². The maximum Gasteiger partial charge on any atom is 0.417 e. The number of aromatic amines is 1. The van der Waals surface area contributed by atoms with E-state index in [0.717, 1.165) is 5.56 Å². The fourth-order valence-electron chi connectivity index (χ4n) is 2.23. The summed E-state index contributed by atoms with van der Waals surface area (Å²) in [6.45, 7) is 1.79. The number of halogens is 1. The highest BCUT2D eigenvalue weighted by Crippen LogP contribution is 2.21. The highest BCUT2D eigenvalue weighted by atomic mass is 35.5. The maximum atomic E-state index is 12.5. The van der Waals surface area contributed by atoms with Gasteiger partial charge < -0.3 is 4.42 Å². The van der Waals surface area contributed by atoms with Gasteiger partial charge in [-0.1, -0.05) is 23.7 Å². The van der Waals surface area contributed by atoms with Crippen molar-refractivity contribution in [3.8, 4) is 0 Å². The number of aryl methyl sites for hydroxylation is 1. The van der Waals surface area contributed by atoms with Gasteiger partial charge in [0.05, 0.1) is 10.4 Å². The molecule has 120 valence electrons. The minimum atomic E-state index is -3.74. The topological polar surface area (TPSA) is 92.2 Å². The van der Waals surface area contributed by atoms with Crippen LogP contribution in [0.2, 0.25) is 5.02 Å². The van der Waals surface area contributed by atoms with Crippen LogP contribution < -0.4 is 10.5 Å². The van der Waals surface area contributed by atoms with Gasteiger partial charge in [-0.25, -0.2) is 17.9 Å². The molecule has 2 N–H and O–H groups in total. The average Bonchev–Trinajstić information content (AvgIpc) is 2.85. The second-order valence-electron chi connectivity index (χ2n) is 5.08. The molecular formula is C15H13ClN2O4S. The Bertz CT molecular complexity index is 1020. The summed E-state index contributed by atoms with van der Waals surface area (Å²) in [6, 6.07) is 9.77. The van der Waals surface area contributed by atoms with E-state index < -0.39 is 15.8 Å². The van der Waals surface area contributed by atoms with Crippen molar-refractivity contribution in [3.63, 3.8) is 0 Å². The van der Waals surface area contributed by atoms with E-state index in [0.29, 0.717) is 16.1 Å². The second kappa shape index (κ2) is 5.84. The van der Waals surface area contributed by atoms with E-state index in [9.17, 15) is 13.2 Å². The first kappa shape index (κ1) is 15.8. The Morgan fingerprint density at radius 1 is 1.22 bits per heavy atom. The molecule has 0 bridgehead atoms. The third-order valence-corrected chi connectivity index (χ3v) is 5.18. The number of hydrogen-bond donors (Lipinski definition) is 2. The van der Waals surface area contributed by atoms with Gasteiger partial charge in [-0.15, -0.1) is 0 Å². The highest BCUT2D eigenvalue weighted by Gasteiger charge is 2.19. The lowest BCUT2D eigenvalue weighted by molar-refractivity contribution is 0.553. The van der Waals surface area contributed by atoms with E-state index in [1.165, 1.54) is 6.07 Å². The molecule has 0 radical (unpaired) electrons. The van der Waals surface area contributed by atoms with Crippen LogP contribution in [0.25, 0.3) is 11.1 Å². The standard InChI is InChI=1S/C15H13ClN2O4S/c1-9-6-12-13(22-15(19)18-12)7-14(9)23(20,21)17-8-10-2-4-11(16)5-3-10/h2-7,17H,8H2,1H3,(H,18,19). The summed E-state index contributed by atoms with van der Waals surface area (Å²) in [5.41, 5.74) is 1.96. The largest absolute Gasteiger partial charge is 0.417 e. The zero-order valence-electron chi connectivity index (χ0n) is 12.1. The molecule has 0 unspecified atom stereocenters. The first-order valence-corrected chi connectivity index (χ1v) is 8.59.